The molecule has 1 amide bonds. The zero-order valence-electron chi connectivity index (χ0n) is 14.4. The highest BCUT2D eigenvalue weighted by atomic mass is 35.5. The molecule has 0 fully saturated rings. The summed E-state index contributed by atoms with van der Waals surface area (Å²) in [5, 5.41) is 45.0. The molecular weight excluding hydrogens is 388 g/mol. The zero-order chi connectivity index (χ0) is 20.7. The Morgan fingerprint density at radius 1 is 1.43 bits per heavy atom. The lowest BCUT2D eigenvalue weighted by molar-refractivity contribution is -0.0458. The molecule has 0 aliphatic heterocycles. The van der Waals surface area contributed by atoms with E-state index in [9.17, 15) is 9.90 Å². The Kier molecular flexibility index (Phi) is 7.25. The number of aliphatic hydroxyl groups is 3. The number of carbonyl (C=O) groups is 1. The van der Waals surface area contributed by atoms with Crippen LogP contribution in [0.1, 0.15) is 33.6 Å². The van der Waals surface area contributed by atoms with Gasteiger partial charge in [0.2, 0.25) is 0 Å². The van der Waals surface area contributed by atoms with E-state index in [1.165, 1.54) is 12.3 Å². The maximum atomic E-state index is 11.9. The van der Waals surface area contributed by atoms with Gasteiger partial charge < -0.3 is 26.4 Å². The first-order valence-electron chi connectivity index (χ1n) is 7.87. The highest BCUT2D eigenvalue weighted by Gasteiger charge is 2.15. The van der Waals surface area contributed by atoms with Crippen molar-refractivity contribution in [2.24, 2.45) is 10.7 Å². The summed E-state index contributed by atoms with van der Waals surface area (Å²) in [5.41, 5.74) is 7.01. The summed E-state index contributed by atoms with van der Waals surface area (Å²) < 4.78 is 0. The van der Waals surface area contributed by atoms with Gasteiger partial charge in [0.25, 0.3) is 5.91 Å². The molecule has 28 heavy (non-hydrogen) atoms. The lowest BCUT2D eigenvalue weighted by Gasteiger charge is -2.08. The topological polar surface area (TPSA) is 181 Å². The van der Waals surface area contributed by atoms with Crippen molar-refractivity contribution < 1.29 is 20.1 Å². The standard InChI is InChI=1S/C17H17ClN6O4/c18-11-5-9(1-2-10(11)7-19)12(20)3-4-21-8-15(25)22-16(26)13-6-14(17(27)28)24-23-13/h1-6,15,17,25,27-28H,8,20H2,(H,22,26)(H,23,24)/b12-3-,21-4?. The van der Waals surface area contributed by atoms with E-state index < -0.39 is 18.4 Å². The lowest BCUT2D eigenvalue weighted by atomic mass is 10.1. The Labute approximate surface area is 164 Å². The average Bonchev–Trinajstić information content (AvgIpc) is 3.15. The second-order valence-corrected chi connectivity index (χ2v) is 5.92. The largest absolute Gasteiger partial charge is 0.398 e. The van der Waals surface area contributed by atoms with Crippen molar-refractivity contribution in [2.75, 3.05) is 6.54 Å². The van der Waals surface area contributed by atoms with Crippen LogP contribution in [0.2, 0.25) is 5.02 Å². The number of H-pyrrole nitrogens is 1. The van der Waals surface area contributed by atoms with Crippen LogP contribution >= 0.6 is 11.6 Å². The van der Waals surface area contributed by atoms with E-state index in [1.807, 2.05) is 6.07 Å². The molecule has 0 aliphatic rings. The molecule has 1 aromatic carbocycles. The summed E-state index contributed by atoms with van der Waals surface area (Å²) in [7, 11) is 0. The molecule has 10 nitrogen and oxygen atoms in total. The fraction of sp³-hybridized carbons (Fsp3) is 0.176. The molecule has 7 N–H and O–H groups in total. The number of allylic oxidation sites excluding steroid dienone is 1. The lowest BCUT2D eigenvalue weighted by Crippen LogP contribution is -2.36. The van der Waals surface area contributed by atoms with Crippen molar-refractivity contribution in [3.8, 4) is 6.07 Å². The van der Waals surface area contributed by atoms with Gasteiger partial charge in [0.05, 0.1) is 22.8 Å². The Morgan fingerprint density at radius 2 is 2.18 bits per heavy atom. The van der Waals surface area contributed by atoms with Gasteiger partial charge in [-0.05, 0) is 29.8 Å². The minimum absolute atomic E-state index is 0.0545. The number of carbonyl (C=O) groups excluding carboxylic acids is 1. The van der Waals surface area contributed by atoms with Crippen LogP contribution < -0.4 is 11.1 Å². The number of nitrogens with zero attached hydrogens (tertiary/aromatic N) is 3. The Balaban J connectivity index is 1.89. The van der Waals surface area contributed by atoms with Gasteiger partial charge in [0.15, 0.2) is 6.29 Å². The molecule has 0 radical (unpaired) electrons. The number of benzene rings is 1. The van der Waals surface area contributed by atoms with Crippen molar-refractivity contribution >= 4 is 29.4 Å². The Hall–Kier alpha value is -3.23. The maximum absolute atomic E-state index is 11.9. The first-order valence-corrected chi connectivity index (χ1v) is 8.25. The smallest absolute Gasteiger partial charge is 0.273 e. The van der Waals surface area contributed by atoms with E-state index in [4.69, 9.17) is 32.8 Å². The first-order chi connectivity index (χ1) is 13.3. The molecule has 11 heteroatoms. The molecule has 2 aromatic rings. The van der Waals surface area contributed by atoms with E-state index in [-0.39, 0.29) is 23.0 Å². The third-order valence-electron chi connectivity index (χ3n) is 3.47. The van der Waals surface area contributed by atoms with Gasteiger partial charge in [-0.25, -0.2) is 0 Å². The molecule has 0 saturated carbocycles. The summed E-state index contributed by atoms with van der Waals surface area (Å²) in [6.45, 7) is -0.149. The van der Waals surface area contributed by atoms with E-state index in [2.05, 4.69) is 20.5 Å². The minimum Gasteiger partial charge on any atom is -0.398 e. The fourth-order valence-electron chi connectivity index (χ4n) is 2.03. The SMILES string of the molecule is N#Cc1ccc(/C(N)=C/C=NCC(O)NC(=O)c2cc(C(O)O)[nH]n2)cc1Cl. The second kappa shape index (κ2) is 9.63. The van der Waals surface area contributed by atoms with Gasteiger partial charge in [-0.15, -0.1) is 0 Å². The summed E-state index contributed by atoms with van der Waals surface area (Å²) in [4.78, 5) is 15.8. The number of aliphatic imine (C=N–C) groups is 1. The molecule has 1 aromatic heterocycles. The number of hydrogen-bond acceptors (Lipinski definition) is 8. The molecular formula is C17H17ClN6O4. The quantitative estimate of drug-likeness (QED) is 0.278. The van der Waals surface area contributed by atoms with Gasteiger partial charge in [0.1, 0.15) is 18.0 Å². The van der Waals surface area contributed by atoms with Crippen molar-refractivity contribution in [3.05, 3.63) is 57.9 Å². The highest BCUT2D eigenvalue weighted by Crippen LogP contribution is 2.19. The van der Waals surface area contributed by atoms with Crippen LogP contribution in [0.4, 0.5) is 0 Å². The molecule has 0 bridgehead atoms. The van der Waals surface area contributed by atoms with Gasteiger partial charge in [-0.3, -0.25) is 14.9 Å². The molecule has 1 atom stereocenters. The highest BCUT2D eigenvalue weighted by molar-refractivity contribution is 6.31. The van der Waals surface area contributed by atoms with Crippen molar-refractivity contribution in [3.63, 3.8) is 0 Å². The number of nitrogens with two attached hydrogens (primary N) is 1. The summed E-state index contributed by atoms with van der Waals surface area (Å²) >= 11 is 5.95. The zero-order valence-corrected chi connectivity index (χ0v) is 15.1. The Bertz CT molecular complexity index is 947. The molecule has 0 saturated heterocycles. The maximum Gasteiger partial charge on any atom is 0.273 e. The molecule has 0 spiro atoms. The molecule has 1 heterocycles. The molecule has 146 valence electrons. The number of nitriles is 1. The van der Waals surface area contributed by atoms with Crippen molar-refractivity contribution in [1.82, 2.24) is 15.5 Å². The van der Waals surface area contributed by atoms with Crippen LogP contribution in [0.3, 0.4) is 0 Å². The van der Waals surface area contributed by atoms with Gasteiger partial charge in [-0.1, -0.05) is 17.7 Å². The van der Waals surface area contributed by atoms with Gasteiger partial charge in [0, 0.05) is 11.9 Å². The number of aromatic amines is 1. The molecule has 1 unspecified atom stereocenters. The summed E-state index contributed by atoms with van der Waals surface area (Å²) in [6, 6.07) is 7.83. The fourth-order valence-corrected chi connectivity index (χ4v) is 2.25. The van der Waals surface area contributed by atoms with E-state index in [1.54, 1.807) is 18.2 Å². The predicted octanol–water partition coefficient (Wildman–Crippen LogP) is 0.0368. The second-order valence-electron chi connectivity index (χ2n) is 5.51. The molecule has 0 aliphatic carbocycles. The van der Waals surface area contributed by atoms with Gasteiger partial charge in [-0.2, -0.15) is 10.4 Å². The molecule has 2 rings (SSSR count). The number of aromatic nitrogens is 2. The van der Waals surface area contributed by atoms with E-state index in [0.29, 0.717) is 16.8 Å². The van der Waals surface area contributed by atoms with Crippen LogP contribution in [0.5, 0.6) is 0 Å². The van der Waals surface area contributed by atoms with Crippen LogP contribution in [-0.4, -0.2) is 50.4 Å². The number of aliphatic hydroxyl groups excluding tert-OH is 2. The third kappa shape index (κ3) is 5.63. The summed E-state index contributed by atoms with van der Waals surface area (Å²) in [5.74, 6) is -0.715. The number of hydrogen-bond donors (Lipinski definition) is 6. The van der Waals surface area contributed by atoms with Crippen LogP contribution in [0, 0.1) is 11.3 Å². The van der Waals surface area contributed by atoms with Crippen LogP contribution in [0.25, 0.3) is 5.70 Å². The van der Waals surface area contributed by atoms with E-state index in [0.717, 1.165) is 6.07 Å². The number of amides is 1. The monoisotopic (exact) mass is 404 g/mol. The Morgan fingerprint density at radius 3 is 2.79 bits per heavy atom. The van der Waals surface area contributed by atoms with Gasteiger partial charge >= 0.3 is 0 Å². The first kappa shape index (κ1) is 21.1. The number of nitrogens with one attached hydrogen (secondary N) is 2. The van der Waals surface area contributed by atoms with Crippen LogP contribution in [0.15, 0.2) is 35.3 Å². The number of rotatable bonds is 7. The van der Waals surface area contributed by atoms with E-state index >= 15 is 0 Å². The predicted molar refractivity (Wildman–Crippen MR) is 101 cm³/mol. The third-order valence-corrected chi connectivity index (χ3v) is 3.78. The van der Waals surface area contributed by atoms with Crippen LogP contribution in [-0.2, 0) is 0 Å². The van der Waals surface area contributed by atoms with Crippen molar-refractivity contribution in [2.45, 2.75) is 12.5 Å². The normalized spacial score (nSPS) is 12.9. The average molecular weight is 405 g/mol. The minimum atomic E-state index is -1.79. The van der Waals surface area contributed by atoms with Crippen molar-refractivity contribution in [1.29, 1.82) is 5.26 Å². The number of halogens is 1. The summed E-state index contributed by atoms with van der Waals surface area (Å²) in [6.07, 6.45) is -0.241.